The Hall–Kier alpha value is -1.14. The molecule has 0 bridgehead atoms. The van der Waals surface area contributed by atoms with Crippen LogP contribution in [0.5, 0.6) is 0 Å². The van der Waals surface area contributed by atoms with Crippen LogP contribution < -0.4 is 5.32 Å². The Balaban J connectivity index is 1.87. The molecule has 2 aromatic rings. The zero-order valence-electron chi connectivity index (χ0n) is 8.44. The summed E-state index contributed by atoms with van der Waals surface area (Å²) in [5, 5.41) is 7.18. The molecule has 0 aromatic carbocycles. The molecule has 3 heterocycles. The van der Waals surface area contributed by atoms with Crippen molar-refractivity contribution in [3.8, 4) is 11.6 Å². The van der Waals surface area contributed by atoms with E-state index in [-0.39, 0.29) is 0 Å². The SMILES string of the molecule is Brc1ccc(-c2noc(C3CCNC3)n2)o1. The van der Waals surface area contributed by atoms with Gasteiger partial charge in [-0.05, 0) is 41.0 Å². The molecule has 1 unspecified atom stereocenters. The first-order valence-corrected chi connectivity index (χ1v) is 5.92. The summed E-state index contributed by atoms with van der Waals surface area (Å²) in [5.74, 6) is 2.15. The van der Waals surface area contributed by atoms with Gasteiger partial charge in [-0.2, -0.15) is 4.98 Å². The van der Waals surface area contributed by atoms with Gasteiger partial charge in [0.15, 0.2) is 10.4 Å². The zero-order chi connectivity index (χ0) is 11.0. The fourth-order valence-electron chi connectivity index (χ4n) is 1.80. The van der Waals surface area contributed by atoms with Gasteiger partial charge >= 0.3 is 0 Å². The summed E-state index contributed by atoms with van der Waals surface area (Å²) in [6.45, 7) is 1.91. The predicted molar refractivity (Wildman–Crippen MR) is 59.9 cm³/mol. The first-order chi connectivity index (χ1) is 7.83. The summed E-state index contributed by atoms with van der Waals surface area (Å²) < 4.78 is 11.3. The van der Waals surface area contributed by atoms with Crippen molar-refractivity contribution in [2.24, 2.45) is 0 Å². The third-order valence-corrected chi connectivity index (χ3v) is 3.07. The average molecular weight is 284 g/mol. The molecule has 1 atom stereocenters. The van der Waals surface area contributed by atoms with Gasteiger partial charge in [0.25, 0.3) is 0 Å². The minimum Gasteiger partial charge on any atom is -0.446 e. The van der Waals surface area contributed by atoms with Crippen molar-refractivity contribution in [3.63, 3.8) is 0 Å². The van der Waals surface area contributed by atoms with Crippen LogP contribution in [0.25, 0.3) is 11.6 Å². The van der Waals surface area contributed by atoms with Crippen LogP contribution in [0.3, 0.4) is 0 Å². The van der Waals surface area contributed by atoms with E-state index >= 15 is 0 Å². The lowest BCUT2D eigenvalue weighted by atomic mass is 10.1. The third kappa shape index (κ3) is 1.78. The Labute approximate surface area is 100 Å². The van der Waals surface area contributed by atoms with Gasteiger partial charge in [-0.3, -0.25) is 0 Å². The molecular formula is C10H10BrN3O2. The van der Waals surface area contributed by atoms with Crippen molar-refractivity contribution < 1.29 is 8.94 Å². The molecule has 3 rings (SSSR count). The van der Waals surface area contributed by atoms with Crippen LogP contribution in [0, 0.1) is 0 Å². The van der Waals surface area contributed by atoms with Crippen molar-refractivity contribution in [1.29, 1.82) is 0 Å². The van der Waals surface area contributed by atoms with Gasteiger partial charge in [0.1, 0.15) is 0 Å². The zero-order valence-corrected chi connectivity index (χ0v) is 10.0. The van der Waals surface area contributed by atoms with E-state index in [0.717, 1.165) is 19.5 Å². The first kappa shape index (κ1) is 10.0. The molecule has 1 saturated heterocycles. The molecule has 2 aromatic heterocycles. The predicted octanol–water partition coefficient (Wildman–Crippen LogP) is 2.17. The maximum absolute atomic E-state index is 5.36. The van der Waals surface area contributed by atoms with E-state index in [0.29, 0.717) is 28.1 Å². The standard InChI is InChI=1S/C10H10BrN3O2/c11-8-2-1-7(15-8)9-13-10(16-14-9)6-3-4-12-5-6/h1-2,6,12H,3-5H2. The van der Waals surface area contributed by atoms with E-state index < -0.39 is 0 Å². The average Bonchev–Trinajstić information content (AvgIpc) is 2.97. The molecule has 0 amide bonds. The smallest absolute Gasteiger partial charge is 0.238 e. The van der Waals surface area contributed by atoms with Gasteiger partial charge in [-0.1, -0.05) is 5.16 Å². The van der Waals surface area contributed by atoms with Crippen molar-refractivity contribution >= 4 is 15.9 Å². The van der Waals surface area contributed by atoms with Crippen molar-refractivity contribution in [2.75, 3.05) is 13.1 Å². The van der Waals surface area contributed by atoms with Gasteiger partial charge in [-0.25, -0.2) is 0 Å². The number of hydrogen-bond acceptors (Lipinski definition) is 5. The Morgan fingerprint density at radius 1 is 1.44 bits per heavy atom. The van der Waals surface area contributed by atoms with Gasteiger partial charge < -0.3 is 14.3 Å². The fraction of sp³-hybridized carbons (Fsp3) is 0.400. The van der Waals surface area contributed by atoms with Gasteiger partial charge in [0, 0.05) is 6.54 Å². The van der Waals surface area contributed by atoms with Crippen molar-refractivity contribution in [2.45, 2.75) is 12.3 Å². The van der Waals surface area contributed by atoms with E-state index in [1.807, 2.05) is 12.1 Å². The summed E-state index contributed by atoms with van der Waals surface area (Å²) >= 11 is 3.24. The van der Waals surface area contributed by atoms with Crippen LogP contribution >= 0.6 is 15.9 Å². The summed E-state index contributed by atoms with van der Waals surface area (Å²) in [4.78, 5) is 4.34. The molecule has 1 fully saturated rings. The van der Waals surface area contributed by atoms with Crippen LogP contribution in [-0.4, -0.2) is 23.2 Å². The molecule has 5 nitrogen and oxygen atoms in total. The summed E-state index contributed by atoms with van der Waals surface area (Å²) in [5.41, 5.74) is 0. The van der Waals surface area contributed by atoms with Crippen LogP contribution in [-0.2, 0) is 0 Å². The fourth-order valence-corrected chi connectivity index (χ4v) is 2.11. The highest BCUT2D eigenvalue weighted by Gasteiger charge is 2.23. The minimum absolute atomic E-state index is 0.333. The van der Waals surface area contributed by atoms with E-state index in [4.69, 9.17) is 8.94 Å². The molecular weight excluding hydrogens is 274 g/mol. The van der Waals surface area contributed by atoms with Crippen LogP contribution in [0.4, 0.5) is 0 Å². The number of hydrogen-bond donors (Lipinski definition) is 1. The Morgan fingerprint density at radius 3 is 3.06 bits per heavy atom. The molecule has 1 aliphatic rings. The summed E-state index contributed by atoms with van der Waals surface area (Å²) in [6, 6.07) is 3.62. The maximum atomic E-state index is 5.36. The highest BCUT2D eigenvalue weighted by molar-refractivity contribution is 9.10. The van der Waals surface area contributed by atoms with Gasteiger partial charge in [-0.15, -0.1) is 0 Å². The second-order valence-corrected chi connectivity index (χ2v) is 4.53. The number of aromatic nitrogens is 2. The molecule has 0 aliphatic carbocycles. The second kappa shape index (κ2) is 4.03. The van der Waals surface area contributed by atoms with Crippen molar-refractivity contribution in [1.82, 2.24) is 15.5 Å². The topological polar surface area (TPSA) is 64.1 Å². The largest absolute Gasteiger partial charge is 0.446 e. The van der Waals surface area contributed by atoms with E-state index in [1.54, 1.807) is 0 Å². The minimum atomic E-state index is 0.333. The summed E-state index contributed by atoms with van der Waals surface area (Å²) in [7, 11) is 0. The maximum Gasteiger partial charge on any atom is 0.238 e. The lowest BCUT2D eigenvalue weighted by Gasteiger charge is -1.98. The van der Waals surface area contributed by atoms with Crippen LogP contribution in [0.15, 0.2) is 25.7 Å². The molecule has 84 valence electrons. The van der Waals surface area contributed by atoms with E-state index in [2.05, 4.69) is 31.4 Å². The molecule has 6 heteroatoms. The first-order valence-electron chi connectivity index (χ1n) is 5.13. The monoisotopic (exact) mass is 283 g/mol. The Bertz CT molecular complexity index is 488. The third-order valence-electron chi connectivity index (χ3n) is 2.64. The molecule has 0 saturated carbocycles. The number of furan rings is 1. The second-order valence-electron chi connectivity index (χ2n) is 3.75. The van der Waals surface area contributed by atoms with E-state index in [1.165, 1.54) is 0 Å². The van der Waals surface area contributed by atoms with Gasteiger partial charge in [0.2, 0.25) is 11.7 Å². The lowest BCUT2D eigenvalue weighted by Crippen LogP contribution is -2.08. The van der Waals surface area contributed by atoms with Crippen LogP contribution in [0.2, 0.25) is 0 Å². The highest BCUT2D eigenvalue weighted by Crippen LogP contribution is 2.26. The number of nitrogens with one attached hydrogen (secondary N) is 1. The van der Waals surface area contributed by atoms with Gasteiger partial charge in [0.05, 0.1) is 5.92 Å². The highest BCUT2D eigenvalue weighted by atomic mass is 79.9. The number of rotatable bonds is 2. The normalized spacial score (nSPS) is 20.4. The van der Waals surface area contributed by atoms with Crippen molar-refractivity contribution in [3.05, 3.63) is 22.7 Å². The number of halogens is 1. The number of nitrogens with zero attached hydrogens (tertiary/aromatic N) is 2. The summed E-state index contributed by atoms with van der Waals surface area (Å²) in [6.07, 6.45) is 1.05. The Kier molecular flexibility index (Phi) is 2.53. The molecule has 1 N–H and O–H groups in total. The van der Waals surface area contributed by atoms with E-state index in [9.17, 15) is 0 Å². The molecule has 0 radical (unpaired) electrons. The van der Waals surface area contributed by atoms with Crippen LogP contribution in [0.1, 0.15) is 18.2 Å². The molecule has 0 spiro atoms. The lowest BCUT2D eigenvalue weighted by molar-refractivity contribution is 0.358. The Morgan fingerprint density at radius 2 is 2.38 bits per heavy atom. The quantitative estimate of drug-likeness (QED) is 0.915. The molecule has 1 aliphatic heterocycles. The molecule has 16 heavy (non-hydrogen) atoms.